The van der Waals surface area contributed by atoms with Crippen LogP contribution in [0.25, 0.3) is 0 Å². The lowest BCUT2D eigenvalue weighted by molar-refractivity contribution is -0.0381. The number of rotatable bonds is 10. The van der Waals surface area contributed by atoms with Crippen molar-refractivity contribution in [3.05, 3.63) is 30.3 Å². The first kappa shape index (κ1) is 16.6. The second-order valence-electron chi connectivity index (χ2n) is 5.31. The molecule has 0 N–H and O–H groups in total. The van der Waals surface area contributed by atoms with Crippen molar-refractivity contribution in [3.63, 3.8) is 0 Å². The van der Waals surface area contributed by atoms with E-state index in [9.17, 15) is 4.79 Å². The van der Waals surface area contributed by atoms with E-state index in [4.69, 9.17) is 18.9 Å². The molecule has 2 rings (SSSR count). The number of carbonyl (C=O) groups excluding carboxylic acids is 1. The van der Waals surface area contributed by atoms with Crippen molar-refractivity contribution >= 4 is 6.16 Å². The molecule has 1 fully saturated rings. The van der Waals surface area contributed by atoms with Gasteiger partial charge in [-0.25, -0.2) is 4.79 Å². The molecule has 1 unspecified atom stereocenters. The van der Waals surface area contributed by atoms with Gasteiger partial charge in [-0.3, -0.25) is 0 Å². The highest BCUT2D eigenvalue weighted by Gasteiger charge is 2.49. The molecule has 1 saturated heterocycles. The number of ether oxygens (including phenoxy) is 4. The highest BCUT2D eigenvalue weighted by atomic mass is 16.8. The van der Waals surface area contributed by atoms with Crippen LogP contribution in [0, 0.1) is 0 Å². The summed E-state index contributed by atoms with van der Waals surface area (Å²) in [5.41, 5.74) is 0. The van der Waals surface area contributed by atoms with Gasteiger partial charge in [-0.1, -0.05) is 31.0 Å². The van der Waals surface area contributed by atoms with E-state index >= 15 is 0 Å². The van der Waals surface area contributed by atoms with Crippen molar-refractivity contribution in [1.82, 2.24) is 0 Å². The Kier molecular flexibility index (Phi) is 6.52. The van der Waals surface area contributed by atoms with E-state index in [1.54, 1.807) is 6.92 Å². The summed E-state index contributed by atoms with van der Waals surface area (Å²) in [5, 5.41) is 0. The third-order valence-corrected chi connectivity index (χ3v) is 3.46. The first-order chi connectivity index (χ1) is 10.7. The van der Waals surface area contributed by atoms with Crippen LogP contribution in [-0.2, 0) is 14.2 Å². The lowest BCUT2D eigenvalue weighted by Crippen LogP contribution is -2.22. The molecule has 22 heavy (non-hydrogen) atoms. The van der Waals surface area contributed by atoms with Gasteiger partial charge in [-0.15, -0.1) is 0 Å². The molecule has 5 heteroatoms. The fraction of sp³-hybridized carbons (Fsp3) is 0.588. The van der Waals surface area contributed by atoms with Crippen LogP contribution in [0.2, 0.25) is 0 Å². The van der Waals surface area contributed by atoms with Crippen LogP contribution in [-0.4, -0.2) is 31.8 Å². The summed E-state index contributed by atoms with van der Waals surface area (Å²) in [6, 6.07) is 9.82. The summed E-state index contributed by atoms with van der Waals surface area (Å²) in [6.45, 7) is 3.27. The fourth-order valence-corrected chi connectivity index (χ4v) is 2.19. The summed E-state index contributed by atoms with van der Waals surface area (Å²) in [4.78, 5) is 11.3. The second-order valence-corrected chi connectivity index (χ2v) is 5.31. The Hall–Kier alpha value is -1.75. The summed E-state index contributed by atoms with van der Waals surface area (Å²) < 4.78 is 20.8. The van der Waals surface area contributed by atoms with Gasteiger partial charge in [-0.05, 0) is 31.9 Å². The number of unbranched alkanes of at least 4 members (excludes halogenated alkanes) is 3. The first-order valence-corrected chi connectivity index (χ1v) is 7.92. The van der Waals surface area contributed by atoms with Crippen LogP contribution >= 0.6 is 0 Å². The Morgan fingerprint density at radius 1 is 1.18 bits per heavy atom. The third kappa shape index (κ3) is 5.93. The fourth-order valence-electron chi connectivity index (χ4n) is 2.19. The molecule has 0 aliphatic carbocycles. The van der Waals surface area contributed by atoms with Crippen LogP contribution in [0.5, 0.6) is 5.75 Å². The van der Waals surface area contributed by atoms with E-state index in [-0.39, 0.29) is 0 Å². The van der Waals surface area contributed by atoms with Gasteiger partial charge in [0, 0.05) is 6.42 Å². The van der Waals surface area contributed by atoms with Gasteiger partial charge in [-0.2, -0.15) is 0 Å². The van der Waals surface area contributed by atoms with E-state index in [2.05, 4.69) is 0 Å². The predicted molar refractivity (Wildman–Crippen MR) is 81.8 cm³/mol. The van der Waals surface area contributed by atoms with Gasteiger partial charge in [0.05, 0.1) is 13.2 Å². The van der Waals surface area contributed by atoms with Crippen LogP contribution in [0.3, 0.4) is 0 Å². The average molecular weight is 308 g/mol. The molecule has 0 bridgehead atoms. The highest BCUT2D eigenvalue weighted by Crippen LogP contribution is 2.34. The summed E-state index contributed by atoms with van der Waals surface area (Å²) >= 11 is 0. The molecule has 1 aliphatic rings. The van der Waals surface area contributed by atoms with Gasteiger partial charge in [0.1, 0.15) is 12.4 Å². The first-order valence-electron chi connectivity index (χ1n) is 7.92. The Morgan fingerprint density at radius 2 is 1.91 bits per heavy atom. The highest BCUT2D eigenvalue weighted by molar-refractivity contribution is 5.60. The molecule has 0 spiro atoms. The van der Waals surface area contributed by atoms with Crippen molar-refractivity contribution in [2.24, 2.45) is 0 Å². The van der Waals surface area contributed by atoms with Crippen molar-refractivity contribution in [1.29, 1.82) is 0 Å². The van der Waals surface area contributed by atoms with Crippen LogP contribution in [0.4, 0.5) is 4.79 Å². The van der Waals surface area contributed by atoms with Gasteiger partial charge in [0.25, 0.3) is 0 Å². The monoisotopic (exact) mass is 308 g/mol. The molecule has 5 nitrogen and oxygen atoms in total. The zero-order valence-electron chi connectivity index (χ0n) is 13.1. The van der Waals surface area contributed by atoms with Crippen LogP contribution in [0.1, 0.15) is 39.0 Å². The summed E-state index contributed by atoms with van der Waals surface area (Å²) in [5.74, 6) is 0.197. The molecule has 1 aliphatic heterocycles. The topological polar surface area (TPSA) is 57.3 Å². The molecule has 0 amide bonds. The minimum absolute atomic E-state index is 0.316. The molecular formula is C17H24O5. The number of carbonyl (C=O) groups is 1. The molecule has 122 valence electrons. The van der Waals surface area contributed by atoms with Crippen LogP contribution < -0.4 is 4.74 Å². The Bertz CT molecular complexity index is 442. The van der Waals surface area contributed by atoms with Crippen molar-refractivity contribution in [3.8, 4) is 5.75 Å². The normalized spacial score (nSPS) is 19.5. The maximum atomic E-state index is 11.3. The van der Waals surface area contributed by atoms with Gasteiger partial charge in [0.2, 0.25) is 5.79 Å². The molecule has 1 aromatic rings. The number of benzene rings is 1. The molecule has 0 aromatic heterocycles. The Labute approximate surface area is 131 Å². The van der Waals surface area contributed by atoms with Gasteiger partial charge >= 0.3 is 6.16 Å². The number of hydrogen-bond donors (Lipinski definition) is 0. The maximum absolute atomic E-state index is 11.3. The number of epoxide rings is 1. The smallest absolute Gasteiger partial charge is 0.494 e. The van der Waals surface area contributed by atoms with Gasteiger partial charge < -0.3 is 18.9 Å². The molecule has 1 atom stereocenters. The predicted octanol–water partition coefficient (Wildman–Crippen LogP) is 3.92. The van der Waals surface area contributed by atoms with Crippen LogP contribution in [0.15, 0.2) is 30.3 Å². The molecule has 1 aromatic carbocycles. The SMILES string of the molecule is CCOC(=O)OC1(CCCCCCOc2ccccc2)CO1. The minimum atomic E-state index is -0.715. The minimum Gasteiger partial charge on any atom is -0.494 e. The van der Waals surface area contributed by atoms with E-state index in [0.29, 0.717) is 13.2 Å². The standard InChI is InChI=1S/C17H24O5/c1-2-19-16(18)22-17(14-21-17)12-8-3-4-9-13-20-15-10-6-5-7-11-15/h5-7,10-11H,2-4,8-9,12-14H2,1H3. The third-order valence-electron chi connectivity index (χ3n) is 3.46. The van der Waals surface area contributed by atoms with E-state index in [0.717, 1.165) is 44.5 Å². The maximum Gasteiger partial charge on any atom is 0.510 e. The zero-order valence-corrected chi connectivity index (χ0v) is 13.1. The van der Waals surface area contributed by atoms with E-state index in [1.165, 1.54) is 0 Å². The lowest BCUT2D eigenvalue weighted by Gasteiger charge is -2.12. The average Bonchev–Trinajstić information content (AvgIpc) is 3.27. The van der Waals surface area contributed by atoms with E-state index < -0.39 is 11.9 Å². The molecule has 0 saturated carbocycles. The summed E-state index contributed by atoms with van der Waals surface area (Å²) in [6.07, 6.45) is 4.21. The summed E-state index contributed by atoms with van der Waals surface area (Å²) in [7, 11) is 0. The molecule has 1 heterocycles. The lowest BCUT2D eigenvalue weighted by atomic mass is 10.1. The van der Waals surface area contributed by atoms with Crippen molar-refractivity contribution in [2.75, 3.05) is 19.8 Å². The van der Waals surface area contributed by atoms with Crippen molar-refractivity contribution < 1.29 is 23.7 Å². The second kappa shape index (κ2) is 8.63. The Balaban J connectivity index is 1.48. The number of hydrogen-bond acceptors (Lipinski definition) is 5. The number of para-hydroxylation sites is 1. The quantitative estimate of drug-likeness (QED) is 0.372. The van der Waals surface area contributed by atoms with Gasteiger partial charge in [0.15, 0.2) is 0 Å². The Morgan fingerprint density at radius 3 is 2.59 bits per heavy atom. The zero-order chi connectivity index (χ0) is 15.7. The largest absolute Gasteiger partial charge is 0.510 e. The van der Waals surface area contributed by atoms with E-state index in [1.807, 2.05) is 30.3 Å². The van der Waals surface area contributed by atoms with Crippen molar-refractivity contribution in [2.45, 2.75) is 44.8 Å². The molecular weight excluding hydrogens is 284 g/mol. The molecule has 0 radical (unpaired) electrons.